The van der Waals surface area contributed by atoms with Gasteiger partial charge in [-0.3, -0.25) is 0 Å². The quantitative estimate of drug-likeness (QED) is 0.861. The average Bonchev–Trinajstić information content (AvgIpc) is 2.65. The Balaban J connectivity index is 2.58. The molecular formula is C11H21N3OS. The summed E-state index contributed by atoms with van der Waals surface area (Å²) in [5, 5.41) is 7.14. The third-order valence-corrected chi connectivity index (χ3v) is 3.44. The van der Waals surface area contributed by atoms with Gasteiger partial charge in [0.1, 0.15) is 0 Å². The Hall–Kier alpha value is -0.550. The van der Waals surface area contributed by atoms with Crippen molar-refractivity contribution in [3.05, 3.63) is 11.7 Å². The van der Waals surface area contributed by atoms with E-state index in [1.165, 1.54) is 0 Å². The van der Waals surface area contributed by atoms with Crippen molar-refractivity contribution in [3.63, 3.8) is 0 Å². The van der Waals surface area contributed by atoms with Gasteiger partial charge in [-0.25, -0.2) is 0 Å². The van der Waals surface area contributed by atoms with Gasteiger partial charge in [-0.2, -0.15) is 4.98 Å². The van der Waals surface area contributed by atoms with Crippen molar-refractivity contribution in [2.24, 2.45) is 0 Å². The lowest BCUT2D eigenvalue weighted by molar-refractivity contribution is 0.332. The maximum absolute atomic E-state index is 5.24. The molecule has 0 radical (unpaired) electrons. The molecule has 0 aliphatic rings. The number of thioether (sulfide) groups is 1. The highest BCUT2D eigenvalue weighted by Gasteiger charge is 2.17. The Morgan fingerprint density at radius 2 is 2.12 bits per heavy atom. The van der Waals surface area contributed by atoms with E-state index in [1.807, 2.05) is 18.8 Å². The van der Waals surface area contributed by atoms with Crippen molar-refractivity contribution in [1.29, 1.82) is 0 Å². The van der Waals surface area contributed by atoms with Crippen molar-refractivity contribution >= 4 is 11.8 Å². The highest BCUT2D eigenvalue weighted by Crippen LogP contribution is 2.26. The zero-order chi connectivity index (χ0) is 12.2. The molecule has 0 aromatic carbocycles. The molecule has 0 saturated carbocycles. The summed E-state index contributed by atoms with van der Waals surface area (Å²) in [6.07, 6.45) is 0.949. The van der Waals surface area contributed by atoms with Gasteiger partial charge in [0.25, 0.3) is 0 Å². The van der Waals surface area contributed by atoms with Crippen LogP contribution in [-0.4, -0.2) is 21.9 Å². The van der Waals surface area contributed by atoms with Crippen molar-refractivity contribution in [3.8, 4) is 0 Å². The van der Waals surface area contributed by atoms with Crippen molar-refractivity contribution in [2.75, 3.05) is 7.05 Å². The Labute approximate surface area is 102 Å². The fourth-order valence-electron chi connectivity index (χ4n) is 1.25. The molecule has 0 spiro atoms. The zero-order valence-corrected chi connectivity index (χ0v) is 11.5. The molecule has 1 rings (SSSR count). The highest BCUT2D eigenvalue weighted by molar-refractivity contribution is 7.99. The Morgan fingerprint density at radius 3 is 2.62 bits per heavy atom. The van der Waals surface area contributed by atoms with Gasteiger partial charge in [0.05, 0.1) is 11.8 Å². The number of nitrogens with zero attached hydrogens (tertiary/aromatic N) is 2. The third kappa shape index (κ3) is 4.14. The number of hydrogen-bond acceptors (Lipinski definition) is 5. The molecule has 0 saturated heterocycles. The van der Waals surface area contributed by atoms with E-state index in [4.69, 9.17) is 4.52 Å². The molecule has 1 unspecified atom stereocenters. The zero-order valence-electron chi connectivity index (χ0n) is 10.7. The van der Waals surface area contributed by atoms with Gasteiger partial charge in [0, 0.05) is 4.75 Å². The van der Waals surface area contributed by atoms with E-state index in [1.54, 1.807) is 0 Å². The van der Waals surface area contributed by atoms with Crippen LogP contribution >= 0.6 is 11.8 Å². The van der Waals surface area contributed by atoms with Gasteiger partial charge in [0.15, 0.2) is 5.82 Å². The summed E-state index contributed by atoms with van der Waals surface area (Å²) < 4.78 is 5.47. The highest BCUT2D eigenvalue weighted by atomic mass is 32.2. The second-order valence-electron chi connectivity index (χ2n) is 4.70. The lowest BCUT2D eigenvalue weighted by Crippen LogP contribution is -2.15. The van der Waals surface area contributed by atoms with E-state index >= 15 is 0 Å². The van der Waals surface area contributed by atoms with Gasteiger partial charge in [-0.1, -0.05) is 32.9 Å². The van der Waals surface area contributed by atoms with E-state index in [2.05, 4.69) is 43.2 Å². The summed E-state index contributed by atoms with van der Waals surface area (Å²) >= 11 is 1.82. The van der Waals surface area contributed by atoms with Crippen molar-refractivity contribution in [2.45, 2.75) is 50.7 Å². The van der Waals surface area contributed by atoms with Crippen LogP contribution < -0.4 is 5.32 Å². The van der Waals surface area contributed by atoms with Crippen LogP contribution in [0.4, 0.5) is 0 Å². The largest absolute Gasteiger partial charge is 0.338 e. The Kier molecular flexibility index (Phi) is 4.80. The topological polar surface area (TPSA) is 51.0 Å². The minimum absolute atomic E-state index is 0.167. The third-order valence-electron chi connectivity index (χ3n) is 2.17. The summed E-state index contributed by atoms with van der Waals surface area (Å²) in [7, 11) is 1.90. The smallest absolute Gasteiger partial charge is 0.243 e. The molecule has 16 heavy (non-hydrogen) atoms. The van der Waals surface area contributed by atoms with Crippen LogP contribution in [0.2, 0.25) is 0 Å². The van der Waals surface area contributed by atoms with Gasteiger partial charge in [-0.15, -0.1) is 11.8 Å². The predicted molar refractivity (Wildman–Crippen MR) is 67.4 cm³/mol. The SMILES string of the molecule is CCC(NC)c1nc(CSC(C)(C)C)no1. The Bertz CT molecular complexity index is 315. The van der Waals surface area contributed by atoms with Crippen LogP contribution in [-0.2, 0) is 5.75 Å². The van der Waals surface area contributed by atoms with E-state index in [9.17, 15) is 0 Å². The van der Waals surface area contributed by atoms with Crippen LogP contribution in [0.15, 0.2) is 4.52 Å². The van der Waals surface area contributed by atoms with Crippen molar-refractivity contribution in [1.82, 2.24) is 15.5 Å². The maximum Gasteiger partial charge on any atom is 0.243 e. The molecule has 1 aromatic rings. The molecule has 5 heteroatoms. The molecule has 0 aliphatic carbocycles. The van der Waals surface area contributed by atoms with Crippen LogP contribution in [0, 0.1) is 0 Å². The van der Waals surface area contributed by atoms with Crippen LogP contribution in [0.25, 0.3) is 0 Å². The first-order valence-electron chi connectivity index (χ1n) is 5.60. The average molecular weight is 243 g/mol. The first kappa shape index (κ1) is 13.5. The van der Waals surface area contributed by atoms with Gasteiger partial charge in [-0.05, 0) is 13.5 Å². The summed E-state index contributed by atoms with van der Waals surface area (Å²) in [6, 6.07) is 0.167. The summed E-state index contributed by atoms with van der Waals surface area (Å²) in [6.45, 7) is 8.64. The van der Waals surface area contributed by atoms with Gasteiger partial charge < -0.3 is 9.84 Å². The van der Waals surface area contributed by atoms with Crippen LogP contribution in [0.1, 0.15) is 51.9 Å². The molecule has 0 amide bonds. The minimum Gasteiger partial charge on any atom is -0.338 e. The molecule has 92 valence electrons. The molecule has 1 atom stereocenters. The molecular weight excluding hydrogens is 222 g/mol. The van der Waals surface area contributed by atoms with E-state index in [-0.39, 0.29) is 10.8 Å². The second-order valence-corrected chi connectivity index (χ2v) is 6.50. The predicted octanol–water partition coefficient (Wildman–Crippen LogP) is 2.77. The molecule has 1 heterocycles. The van der Waals surface area contributed by atoms with Crippen molar-refractivity contribution < 1.29 is 4.52 Å². The monoisotopic (exact) mass is 243 g/mol. The van der Waals surface area contributed by atoms with E-state index in [0.717, 1.165) is 18.0 Å². The van der Waals surface area contributed by atoms with E-state index in [0.29, 0.717) is 5.89 Å². The normalized spacial score (nSPS) is 14.1. The molecule has 0 aliphatic heterocycles. The first-order chi connectivity index (χ1) is 7.46. The standard InChI is InChI=1S/C11H21N3OS/c1-6-8(12-5)10-13-9(14-15-10)7-16-11(2,3)4/h8,12H,6-7H2,1-5H3. The molecule has 1 aromatic heterocycles. The van der Waals surface area contributed by atoms with Crippen LogP contribution in [0.3, 0.4) is 0 Å². The van der Waals surface area contributed by atoms with Gasteiger partial charge >= 0.3 is 0 Å². The van der Waals surface area contributed by atoms with Gasteiger partial charge in [0.2, 0.25) is 5.89 Å². The fraction of sp³-hybridized carbons (Fsp3) is 0.818. The first-order valence-corrected chi connectivity index (χ1v) is 6.58. The van der Waals surface area contributed by atoms with E-state index < -0.39 is 0 Å². The maximum atomic E-state index is 5.24. The molecule has 0 fully saturated rings. The fourth-order valence-corrected chi connectivity index (χ4v) is 1.93. The summed E-state index contributed by atoms with van der Waals surface area (Å²) in [4.78, 5) is 4.39. The lowest BCUT2D eigenvalue weighted by Gasteiger charge is -2.15. The number of rotatable bonds is 5. The number of aromatic nitrogens is 2. The molecule has 0 bridgehead atoms. The summed E-state index contributed by atoms with van der Waals surface area (Å²) in [5.74, 6) is 2.27. The Morgan fingerprint density at radius 1 is 1.44 bits per heavy atom. The molecule has 1 N–H and O–H groups in total. The minimum atomic E-state index is 0.167. The lowest BCUT2D eigenvalue weighted by atomic mass is 10.2. The summed E-state index contributed by atoms with van der Waals surface area (Å²) in [5.41, 5.74) is 0. The number of nitrogens with one attached hydrogen (secondary N) is 1. The number of hydrogen-bond donors (Lipinski definition) is 1. The van der Waals surface area contributed by atoms with Crippen LogP contribution in [0.5, 0.6) is 0 Å². The second kappa shape index (κ2) is 5.68. The molecule has 4 nitrogen and oxygen atoms in total.